The van der Waals surface area contributed by atoms with Crippen molar-refractivity contribution >= 4 is 33.4 Å². The molecule has 0 aromatic heterocycles. The number of hydrogen-bond acceptors (Lipinski definition) is 2. The van der Waals surface area contributed by atoms with Gasteiger partial charge in [-0.1, -0.05) is 17.7 Å². The zero-order valence-corrected chi connectivity index (χ0v) is 12.8. The number of benzene rings is 1. The number of likely N-dealkylation sites (tertiary alicyclic amines) is 1. The fourth-order valence-electron chi connectivity index (χ4n) is 3.31. The smallest absolute Gasteiger partial charge is 0.255 e. The van der Waals surface area contributed by atoms with Gasteiger partial charge >= 0.3 is 0 Å². The van der Waals surface area contributed by atoms with E-state index in [-0.39, 0.29) is 11.9 Å². The van der Waals surface area contributed by atoms with Crippen LogP contribution in [0.3, 0.4) is 0 Å². The van der Waals surface area contributed by atoms with Gasteiger partial charge in [-0.05, 0) is 52.7 Å². The molecule has 1 saturated heterocycles. The van der Waals surface area contributed by atoms with Crippen LogP contribution < -0.4 is 5.73 Å². The minimum absolute atomic E-state index is 0.0212. The Labute approximate surface area is 126 Å². The van der Waals surface area contributed by atoms with Crippen LogP contribution in [0, 0.1) is 11.8 Å². The van der Waals surface area contributed by atoms with E-state index in [9.17, 15) is 4.79 Å². The normalized spacial score (nSPS) is 29.6. The molecule has 1 aliphatic carbocycles. The Bertz CT molecular complexity index is 522. The fraction of sp³-hybridized carbons (Fsp3) is 0.500. The number of nitrogens with zero attached hydrogens (tertiary/aromatic N) is 1. The Hall–Kier alpha value is -0.580. The van der Waals surface area contributed by atoms with E-state index in [0.717, 1.165) is 30.4 Å². The Morgan fingerprint density at radius 3 is 2.89 bits per heavy atom. The van der Waals surface area contributed by atoms with Crippen molar-refractivity contribution in [1.82, 2.24) is 4.90 Å². The zero-order chi connectivity index (χ0) is 13.6. The van der Waals surface area contributed by atoms with Crippen molar-refractivity contribution in [2.24, 2.45) is 17.6 Å². The molecular formula is C14H16BrClN2O. The van der Waals surface area contributed by atoms with Gasteiger partial charge in [0.05, 0.1) is 10.6 Å². The van der Waals surface area contributed by atoms with E-state index in [1.165, 1.54) is 0 Å². The maximum Gasteiger partial charge on any atom is 0.255 e. The molecule has 2 aliphatic rings. The van der Waals surface area contributed by atoms with E-state index in [1.54, 1.807) is 6.07 Å². The van der Waals surface area contributed by atoms with Gasteiger partial charge in [0.25, 0.3) is 5.91 Å². The predicted octanol–water partition coefficient (Wildman–Crippen LogP) is 2.91. The van der Waals surface area contributed by atoms with Crippen LogP contribution in [0.25, 0.3) is 0 Å². The van der Waals surface area contributed by atoms with Gasteiger partial charge in [0, 0.05) is 23.6 Å². The number of carbonyl (C=O) groups is 1. The SMILES string of the molecule is NC1CCC2CN(C(=O)c3cccc(Br)c3Cl)CC12. The third kappa shape index (κ3) is 2.30. The van der Waals surface area contributed by atoms with Crippen LogP contribution >= 0.6 is 27.5 Å². The van der Waals surface area contributed by atoms with E-state index in [4.69, 9.17) is 17.3 Å². The number of carbonyl (C=O) groups excluding carboxylic acids is 1. The molecule has 102 valence electrons. The molecule has 5 heteroatoms. The van der Waals surface area contributed by atoms with Crippen molar-refractivity contribution in [1.29, 1.82) is 0 Å². The summed E-state index contributed by atoms with van der Waals surface area (Å²) in [6.07, 6.45) is 2.23. The standard InChI is InChI=1S/C14H16BrClN2O/c15-11-3-1-2-9(13(11)16)14(19)18-6-8-4-5-12(17)10(8)7-18/h1-3,8,10,12H,4-7,17H2. The van der Waals surface area contributed by atoms with Crippen molar-refractivity contribution in [2.45, 2.75) is 18.9 Å². The molecule has 3 unspecified atom stereocenters. The Morgan fingerprint density at radius 1 is 1.37 bits per heavy atom. The van der Waals surface area contributed by atoms with Crippen LogP contribution in [0.4, 0.5) is 0 Å². The molecule has 3 atom stereocenters. The first-order chi connectivity index (χ1) is 9.08. The second-order valence-electron chi connectivity index (χ2n) is 5.48. The molecule has 1 aromatic carbocycles. The number of halogens is 2. The summed E-state index contributed by atoms with van der Waals surface area (Å²) < 4.78 is 0.760. The van der Waals surface area contributed by atoms with Crippen molar-refractivity contribution in [3.63, 3.8) is 0 Å². The summed E-state index contributed by atoms with van der Waals surface area (Å²) in [6.45, 7) is 1.59. The fourth-order valence-corrected chi connectivity index (χ4v) is 3.89. The third-order valence-electron chi connectivity index (χ3n) is 4.38. The van der Waals surface area contributed by atoms with Gasteiger partial charge in [-0.25, -0.2) is 0 Å². The highest BCUT2D eigenvalue weighted by atomic mass is 79.9. The molecule has 0 bridgehead atoms. The second-order valence-corrected chi connectivity index (χ2v) is 6.71. The molecule has 1 aliphatic heterocycles. The third-order valence-corrected chi connectivity index (χ3v) is 5.68. The van der Waals surface area contributed by atoms with E-state index in [0.29, 0.717) is 22.4 Å². The second kappa shape index (κ2) is 5.08. The molecule has 0 radical (unpaired) electrons. The van der Waals surface area contributed by atoms with Gasteiger partial charge in [-0.2, -0.15) is 0 Å². The molecule has 3 rings (SSSR count). The van der Waals surface area contributed by atoms with Gasteiger partial charge in [0.15, 0.2) is 0 Å². The first-order valence-electron chi connectivity index (χ1n) is 6.57. The Morgan fingerprint density at radius 2 is 2.16 bits per heavy atom. The summed E-state index contributed by atoms with van der Waals surface area (Å²) >= 11 is 9.56. The minimum atomic E-state index is 0.0212. The number of rotatable bonds is 1. The highest BCUT2D eigenvalue weighted by Gasteiger charge is 2.42. The number of amides is 1. The van der Waals surface area contributed by atoms with Gasteiger partial charge in [0.1, 0.15) is 0 Å². The van der Waals surface area contributed by atoms with Crippen LogP contribution in [0.2, 0.25) is 5.02 Å². The lowest BCUT2D eigenvalue weighted by molar-refractivity contribution is 0.0779. The summed E-state index contributed by atoms with van der Waals surface area (Å²) in [4.78, 5) is 14.4. The highest BCUT2D eigenvalue weighted by Crippen LogP contribution is 2.38. The first kappa shape index (κ1) is 13.4. The molecule has 1 aromatic rings. The van der Waals surface area contributed by atoms with E-state index >= 15 is 0 Å². The summed E-state index contributed by atoms with van der Waals surface area (Å²) in [7, 11) is 0. The van der Waals surface area contributed by atoms with Crippen molar-refractivity contribution in [2.75, 3.05) is 13.1 Å². The quantitative estimate of drug-likeness (QED) is 0.852. The number of fused-ring (bicyclic) bond motifs is 1. The van der Waals surface area contributed by atoms with E-state index < -0.39 is 0 Å². The molecule has 2 fully saturated rings. The predicted molar refractivity (Wildman–Crippen MR) is 79.2 cm³/mol. The summed E-state index contributed by atoms with van der Waals surface area (Å²) in [5.41, 5.74) is 6.68. The lowest BCUT2D eigenvalue weighted by atomic mass is 9.98. The van der Waals surface area contributed by atoms with Crippen LogP contribution in [0.5, 0.6) is 0 Å². The summed E-state index contributed by atoms with van der Waals surface area (Å²) in [5.74, 6) is 1.06. The molecular weight excluding hydrogens is 328 g/mol. The van der Waals surface area contributed by atoms with Crippen LogP contribution in [0.15, 0.2) is 22.7 Å². The average molecular weight is 344 g/mol. The van der Waals surface area contributed by atoms with E-state index in [1.807, 2.05) is 17.0 Å². The largest absolute Gasteiger partial charge is 0.338 e. The Balaban J connectivity index is 1.81. The molecule has 2 N–H and O–H groups in total. The molecule has 19 heavy (non-hydrogen) atoms. The lowest BCUT2D eigenvalue weighted by Crippen LogP contribution is -2.33. The number of nitrogens with two attached hydrogens (primary N) is 1. The summed E-state index contributed by atoms with van der Waals surface area (Å²) in [5, 5.41) is 0.494. The van der Waals surface area contributed by atoms with Crippen LogP contribution in [0.1, 0.15) is 23.2 Å². The summed E-state index contributed by atoms with van der Waals surface area (Å²) in [6, 6.07) is 5.71. The topological polar surface area (TPSA) is 46.3 Å². The minimum Gasteiger partial charge on any atom is -0.338 e. The molecule has 3 nitrogen and oxygen atoms in total. The molecule has 1 amide bonds. The monoisotopic (exact) mass is 342 g/mol. The lowest BCUT2D eigenvalue weighted by Gasteiger charge is -2.19. The van der Waals surface area contributed by atoms with Crippen LogP contribution in [-0.4, -0.2) is 29.9 Å². The van der Waals surface area contributed by atoms with Gasteiger partial charge in [0.2, 0.25) is 0 Å². The average Bonchev–Trinajstić information content (AvgIpc) is 2.95. The highest BCUT2D eigenvalue weighted by molar-refractivity contribution is 9.10. The van der Waals surface area contributed by atoms with Crippen LogP contribution in [-0.2, 0) is 0 Å². The maximum absolute atomic E-state index is 12.5. The van der Waals surface area contributed by atoms with Gasteiger partial charge in [-0.15, -0.1) is 0 Å². The van der Waals surface area contributed by atoms with Gasteiger partial charge in [-0.3, -0.25) is 4.79 Å². The Kier molecular flexibility index (Phi) is 3.58. The van der Waals surface area contributed by atoms with Crippen molar-refractivity contribution in [3.05, 3.63) is 33.3 Å². The maximum atomic E-state index is 12.5. The zero-order valence-electron chi connectivity index (χ0n) is 10.5. The number of hydrogen-bond donors (Lipinski definition) is 1. The van der Waals surface area contributed by atoms with Crippen molar-refractivity contribution < 1.29 is 4.79 Å². The molecule has 1 heterocycles. The van der Waals surface area contributed by atoms with Gasteiger partial charge < -0.3 is 10.6 Å². The van der Waals surface area contributed by atoms with E-state index in [2.05, 4.69) is 15.9 Å². The first-order valence-corrected chi connectivity index (χ1v) is 7.74. The molecule has 0 spiro atoms. The van der Waals surface area contributed by atoms with Crippen molar-refractivity contribution in [3.8, 4) is 0 Å². The molecule has 1 saturated carbocycles.